The average molecular weight is 268 g/mol. The zero-order chi connectivity index (χ0) is 12.8. The van der Waals surface area contributed by atoms with E-state index < -0.39 is 0 Å². The van der Waals surface area contributed by atoms with Crippen LogP contribution >= 0.6 is 11.6 Å². The molecule has 0 radical (unpaired) electrons. The highest BCUT2D eigenvalue weighted by atomic mass is 35.5. The molecular formula is C13H18ClN3O. The lowest BCUT2D eigenvalue weighted by molar-refractivity contribution is 0.0941. The minimum absolute atomic E-state index is 0.158. The molecule has 2 rings (SSSR count). The van der Waals surface area contributed by atoms with E-state index in [-0.39, 0.29) is 5.91 Å². The Labute approximate surface area is 112 Å². The maximum absolute atomic E-state index is 11.8. The van der Waals surface area contributed by atoms with E-state index in [9.17, 15) is 4.79 Å². The Hall–Kier alpha value is -1.13. The van der Waals surface area contributed by atoms with Crippen LogP contribution in [0.3, 0.4) is 0 Å². The number of carbonyl (C=O) groups excluding carboxylic acids is 1. The van der Waals surface area contributed by atoms with Crippen LogP contribution in [-0.2, 0) is 0 Å². The second kappa shape index (κ2) is 6.71. The number of nitrogens with one attached hydrogen (secondary N) is 1. The number of piperidine rings is 1. The van der Waals surface area contributed by atoms with Crippen molar-refractivity contribution in [1.82, 2.24) is 15.2 Å². The standard InChI is InChI=1S/C13H18ClN3O/c14-11-4-5-15-12(10-11)13(18)16-6-9-17-7-2-1-3-8-17/h4-5,10H,1-3,6-9H2,(H,16,18). The Morgan fingerprint density at radius 2 is 2.17 bits per heavy atom. The normalized spacial score (nSPS) is 16.5. The number of likely N-dealkylation sites (tertiary alicyclic amines) is 1. The summed E-state index contributed by atoms with van der Waals surface area (Å²) in [7, 11) is 0. The summed E-state index contributed by atoms with van der Waals surface area (Å²) < 4.78 is 0. The molecule has 0 atom stereocenters. The molecule has 0 saturated carbocycles. The molecule has 1 aliphatic heterocycles. The third-order valence-electron chi connectivity index (χ3n) is 3.12. The van der Waals surface area contributed by atoms with Crippen molar-refractivity contribution in [3.8, 4) is 0 Å². The van der Waals surface area contributed by atoms with E-state index in [1.54, 1.807) is 18.3 Å². The summed E-state index contributed by atoms with van der Waals surface area (Å²) in [5, 5.41) is 3.41. The predicted octanol–water partition coefficient (Wildman–Crippen LogP) is 1.95. The lowest BCUT2D eigenvalue weighted by Crippen LogP contribution is -2.37. The molecule has 0 unspecified atom stereocenters. The SMILES string of the molecule is O=C(NCCN1CCCCC1)c1cc(Cl)ccn1. The number of aromatic nitrogens is 1. The van der Waals surface area contributed by atoms with Gasteiger partial charge in [0.25, 0.3) is 5.91 Å². The molecule has 1 saturated heterocycles. The number of rotatable bonds is 4. The van der Waals surface area contributed by atoms with Crippen molar-refractivity contribution in [1.29, 1.82) is 0 Å². The van der Waals surface area contributed by atoms with E-state index in [1.807, 2.05) is 0 Å². The van der Waals surface area contributed by atoms with Crippen molar-refractivity contribution >= 4 is 17.5 Å². The molecule has 2 heterocycles. The lowest BCUT2D eigenvalue weighted by Gasteiger charge is -2.26. The number of hydrogen-bond acceptors (Lipinski definition) is 3. The Balaban J connectivity index is 1.74. The zero-order valence-electron chi connectivity index (χ0n) is 10.4. The molecule has 0 aromatic carbocycles. The van der Waals surface area contributed by atoms with Gasteiger partial charge in [0.15, 0.2) is 0 Å². The van der Waals surface area contributed by atoms with E-state index in [1.165, 1.54) is 19.3 Å². The second-order valence-corrected chi connectivity index (χ2v) is 4.95. The topological polar surface area (TPSA) is 45.2 Å². The van der Waals surface area contributed by atoms with Crippen molar-refractivity contribution in [2.75, 3.05) is 26.2 Å². The largest absolute Gasteiger partial charge is 0.349 e. The van der Waals surface area contributed by atoms with Crippen molar-refractivity contribution in [2.24, 2.45) is 0 Å². The summed E-state index contributed by atoms with van der Waals surface area (Å²) in [6.07, 6.45) is 5.41. The first-order valence-electron chi connectivity index (χ1n) is 6.38. The first-order valence-corrected chi connectivity index (χ1v) is 6.75. The quantitative estimate of drug-likeness (QED) is 0.907. The molecule has 1 amide bonds. The molecule has 4 nitrogen and oxygen atoms in total. The highest BCUT2D eigenvalue weighted by Gasteiger charge is 2.11. The molecule has 1 N–H and O–H groups in total. The van der Waals surface area contributed by atoms with E-state index in [0.29, 0.717) is 17.3 Å². The number of halogens is 1. The third kappa shape index (κ3) is 3.96. The fourth-order valence-corrected chi connectivity index (χ4v) is 2.29. The molecule has 1 aromatic heterocycles. The van der Waals surface area contributed by atoms with Crippen LogP contribution in [0.25, 0.3) is 0 Å². The fraction of sp³-hybridized carbons (Fsp3) is 0.538. The summed E-state index contributed by atoms with van der Waals surface area (Å²) in [4.78, 5) is 18.2. The number of carbonyl (C=O) groups is 1. The van der Waals surface area contributed by atoms with E-state index >= 15 is 0 Å². The molecule has 5 heteroatoms. The van der Waals surface area contributed by atoms with Gasteiger partial charge in [-0.25, -0.2) is 0 Å². The van der Waals surface area contributed by atoms with Crippen molar-refractivity contribution in [2.45, 2.75) is 19.3 Å². The van der Waals surface area contributed by atoms with E-state index in [4.69, 9.17) is 11.6 Å². The minimum atomic E-state index is -0.158. The summed E-state index contributed by atoms with van der Waals surface area (Å²) >= 11 is 5.82. The number of pyridine rings is 1. The first-order chi connectivity index (χ1) is 8.75. The van der Waals surface area contributed by atoms with Gasteiger partial charge in [-0.3, -0.25) is 9.78 Å². The van der Waals surface area contributed by atoms with E-state index in [0.717, 1.165) is 19.6 Å². The van der Waals surface area contributed by atoms with Gasteiger partial charge in [-0.2, -0.15) is 0 Å². The molecule has 1 aromatic rings. The van der Waals surface area contributed by atoms with Gasteiger partial charge in [-0.1, -0.05) is 18.0 Å². The molecule has 1 fully saturated rings. The van der Waals surface area contributed by atoms with Gasteiger partial charge in [0.05, 0.1) is 0 Å². The van der Waals surface area contributed by atoms with Crippen LogP contribution in [0.1, 0.15) is 29.8 Å². The molecule has 18 heavy (non-hydrogen) atoms. The van der Waals surface area contributed by atoms with Crippen LogP contribution < -0.4 is 5.32 Å². The molecule has 0 aliphatic carbocycles. The predicted molar refractivity (Wildman–Crippen MR) is 71.9 cm³/mol. The van der Waals surface area contributed by atoms with Gasteiger partial charge < -0.3 is 10.2 Å². The van der Waals surface area contributed by atoms with Gasteiger partial charge >= 0.3 is 0 Å². The van der Waals surface area contributed by atoms with Crippen molar-refractivity contribution in [3.63, 3.8) is 0 Å². The molecule has 98 valence electrons. The monoisotopic (exact) mass is 267 g/mol. The van der Waals surface area contributed by atoms with Gasteiger partial charge in [0, 0.05) is 24.3 Å². The first kappa shape index (κ1) is 13.3. The average Bonchev–Trinajstić information content (AvgIpc) is 2.40. The van der Waals surface area contributed by atoms with Crippen LogP contribution in [0.4, 0.5) is 0 Å². The minimum Gasteiger partial charge on any atom is -0.349 e. The summed E-state index contributed by atoms with van der Waals surface area (Å²) in [6, 6.07) is 3.24. The third-order valence-corrected chi connectivity index (χ3v) is 3.35. The second-order valence-electron chi connectivity index (χ2n) is 4.52. The number of amides is 1. The van der Waals surface area contributed by atoms with Crippen LogP contribution in [0, 0.1) is 0 Å². The highest BCUT2D eigenvalue weighted by molar-refractivity contribution is 6.30. The highest BCUT2D eigenvalue weighted by Crippen LogP contribution is 2.08. The van der Waals surface area contributed by atoms with Gasteiger partial charge in [0.2, 0.25) is 0 Å². The molecule has 0 spiro atoms. The van der Waals surface area contributed by atoms with E-state index in [2.05, 4.69) is 15.2 Å². The number of hydrogen-bond donors (Lipinski definition) is 1. The Morgan fingerprint density at radius 1 is 1.39 bits per heavy atom. The maximum Gasteiger partial charge on any atom is 0.269 e. The van der Waals surface area contributed by atoms with Crippen LogP contribution in [0.2, 0.25) is 5.02 Å². The zero-order valence-corrected chi connectivity index (χ0v) is 11.1. The molecular weight excluding hydrogens is 250 g/mol. The Bertz CT molecular complexity index is 405. The van der Waals surface area contributed by atoms with Crippen molar-refractivity contribution in [3.05, 3.63) is 29.0 Å². The van der Waals surface area contributed by atoms with Crippen LogP contribution in [-0.4, -0.2) is 42.0 Å². The van der Waals surface area contributed by atoms with Gasteiger partial charge in [0.1, 0.15) is 5.69 Å². The van der Waals surface area contributed by atoms with Gasteiger partial charge in [-0.05, 0) is 38.1 Å². The van der Waals surface area contributed by atoms with Crippen molar-refractivity contribution < 1.29 is 4.79 Å². The summed E-state index contributed by atoms with van der Waals surface area (Å²) in [6.45, 7) is 3.86. The maximum atomic E-state index is 11.8. The van der Waals surface area contributed by atoms with Crippen LogP contribution in [0.5, 0.6) is 0 Å². The molecule has 0 bridgehead atoms. The lowest BCUT2D eigenvalue weighted by atomic mass is 10.1. The number of nitrogens with zero attached hydrogens (tertiary/aromatic N) is 2. The smallest absolute Gasteiger partial charge is 0.269 e. The van der Waals surface area contributed by atoms with Crippen LogP contribution in [0.15, 0.2) is 18.3 Å². The van der Waals surface area contributed by atoms with Gasteiger partial charge in [-0.15, -0.1) is 0 Å². The summed E-state index contributed by atoms with van der Waals surface area (Å²) in [5.41, 5.74) is 0.376. The fourth-order valence-electron chi connectivity index (χ4n) is 2.13. The summed E-state index contributed by atoms with van der Waals surface area (Å²) in [5.74, 6) is -0.158. The molecule has 1 aliphatic rings. The Kier molecular flexibility index (Phi) is 4.96. The Morgan fingerprint density at radius 3 is 2.89 bits per heavy atom.